The molecule has 0 radical (unpaired) electrons. The standard InChI is InChI=1S/C11H16N2O3S/c1-7(9-3-2-6-17-9)13-11(16)8(12)4-5-10(14)15/h2-3,6-8H,4-5,12H2,1H3,(H,13,16)(H,14,15). The van der Waals surface area contributed by atoms with Gasteiger partial charge in [-0.2, -0.15) is 0 Å². The molecule has 0 saturated heterocycles. The zero-order chi connectivity index (χ0) is 12.8. The van der Waals surface area contributed by atoms with Crippen LogP contribution in [-0.4, -0.2) is 23.0 Å². The van der Waals surface area contributed by atoms with Crippen molar-refractivity contribution in [2.75, 3.05) is 0 Å². The molecular weight excluding hydrogens is 240 g/mol. The Hall–Kier alpha value is -1.40. The van der Waals surface area contributed by atoms with Gasteiger partial charge in [0.15, 0.2) is 0 Å². The highest BCUT2D eigenvalue weighted by Crippen LogP contribution is 2.18. The number of thiophene rings is 1. The van der Waals surface area contributed by atoms with Crippen LogP contribution in [0, 0.1) is 0 Å². The van der Waals surface area contributed by atoms with Gasteiger partial charge in [0, 0.05) is 11.3 Å². The van der Waals surface area contributed by atoms with Crippen LogP contribution in [0.3, 0.4) is 0 Å². The molecule has 0 bridgehead atoms. The number of nitrogens with one attached hydrogen (secondary N) is 1. The molecule has 1 rings (SSSR count). The lowest BCUT2D eigenvalue weighted by Gasteiger charge is -2.16. The van der Waals surface area contributed by atoms with E-state index in [-0.39, 0.29) is 24.8 Å². The van der Waals surface area contributed by atoms with E-state index in [9.17, 15) is 9.59 Å². The van der Waals surface area contributed by atoms with Gasteiger partial charge in [-0.1, -0.05) is 6.07 Å². The highest BCUT2D eigenvalue weighted by Gasteiger charge is 2.17. The minimum Gasteiger partial charge on any atom is -0.481 e. The Kier molecular flexibility index (Phi) is 5.11. The van der Waals surface area contributed by atoms with E-state index in [4.69, 9.17) is 10.8 Å². The maximum Gasteiger partial charge on any atom is 0.303 e. The summed E-state index contributed by atoms with van der Waals surface area (Å²) in [5.74, 6) is -1.26. The van der Waals surface area contributed by atoms with Crippen LogP contribution in [-0.2, 0) is 9.59 Å². The van der Waals surface area contributed by atoms with Gasteiger partial charge >= 0.3 is 5.97 Å². The van der Waals surface area contributed by atoms with Gasteiger partial charge in [-0.15, -0.1) is 11.3 Å². The van der Waals surface area contributed by atoms with Crippen LogP contribution in [0.4, 0.5) is 0 Å². The predicted molar refractivity (Wildman–Crippen MR) is 65.7 cm³/mol. The molecule has 1 aromatic rings. The lowest BCUT2D eigenvalue weighted by atomic mass is 10.1. The van der Waals surface area contributed by atoms with Crippen molar-refractivity contribution in [3.63, 3.8) is 0 Å². The molecular formula is C11H16N2O3S. The quantitative estimate of drug-likeness (QED) is 0.711. The lowest BCUT2D eigenvalue weighted by molar-refractivity contribution is -0.137. The molecule has 1 aromatic heterocycles. The van der Waals surface area contributed by atoms with Crippen molar-refractivity contribution in [1.29, 1.82) is 0 Å². The number of carboxylic acids is 1. The molecule has 0 fully saturated rings. The Morgan fingerprint density at radius 1 is 1.59 bits per heavy atom. The Bertz CT molecular complexity index is 378. The van der Waals surface area contributed by atoms with Crippen molar-refractivity contribution < 1.29 is 14.7 Å². The van der Waals surface area contributed by atoms with Gasteiger partial charge in [-0.3, -0.25) is 9.59 Å². The number of nitrogens with two attached hydrogens (primary N) is 1. The number of carbonyl (C=O) groups excluding carboxylic acids is 1. The first-order valence-corrected chi connectivity index (χ1v) is 6.20. The van der Waals surface area contributed by atoms with Crippen molar-refractivity contribution >= 4 is 23.2 Å². The van der Waals surface area contributed by atoms with Crippen molar-refractivity contribution in [3.05, 3.63) is 22.4 Å². The average molecular weight is 256 g/mol. The number of hydrogen-bond acceptors (Lipinski definition) is 4. The van der Waals surface area contributed by atoms with Crippen LogP contribution in [0.1, 0.15) is 30.7 Å². The maximum atomic E-state index is 11.6. The number of amides is 1. The van der Waals surface area contributed by atoms with E-state index in [1.165, 1.54) is 0 Å². The van der Waals surface area contributed by atoms with Crippen LogP contribution < -0.4 is 11.1 Å². The lowest BCUT2D eigenvalue weighted by Crippen LogP contribution is -2.41. The van der Waals surface area contributed by atoms with Crippen LogP contribution in [0.5, 0.6) is 0 Å². The molecule has 0 aliphatic heterocycles. The second-order valence-electron chi connectivity index (χ2n) is 3.78. The summed E-state index contributed by atoms with van der Waals surface area (Å²) in [5.41, 5.74) is 5.60. The third-order valence-electron chi connectivity index (χ3n) is 2.33. The van der Waals surface area contributed by atoms with Crippen LogP contribution in [0.2, 0.25) is 0 Å². The van der Waals surface area contributed by atoms with E-state index in [1.54, 1.807) is 11.3 Å². The fourth-order valence-corrected chi connectivity index (χ4v) is 2.07. The summed E-state index contributed by atoms with van der Waals surface area (Å²) < 4.78 is 0. The van der Waals surface area contributed by atoms with Crippen LogP contribution in [0.25, 0.3) is 0 Å². The minimum atomic E-state index is -0.945. The van der Waals surface area contributed by atoms with Gasteiger partial charge in [0.2, 0.25) is 5.91 Å². The number of rotatable bonds is 6. The molecule has 5 nitrogen and oxygen atoms in total. The normalized spacial score (nSPS) is 14.0. The molecule has 94 valence electrons. The third kappa shape index (κ3) is 4.54. The first kappa shape index (κ1) is 13.7. The Labute approximate surface area is 104 Å². The monoisotopic (exact) mass is 256 g/mol. The molecule has 2 unspecified atom stereocenters. The van der Waals surface area contributed by atoms with Crippen LogP contribution in [0.15, 0.2) is 17.5 Å². The molecule has 1 amide bonds. The number of hydrogen-bond donors (Lipinski definition) is 3. The first-order valence-electron chi connectivity index (χ1n) is 5.32. The van der Waals surface area contributed by atoms with Crippen molar-refractivity contribution in [2.45, 2.75) is 31.8 Å². The molecule has 1 heterocycles. The van der Waals surface area contributed by atoms with Crippen LogP contribution >= 0.6 is 11.3 Å². The average Bonchev–Trinajstić information content (AvgIpc) is 2.78. The Balaban J connectivity index is 2.40. The molecule has 4 N–H and O–H groups in total. The van der Waals surface area contributed by atoms with E-state index in [2.05, 4.69) is 5.32 Å². The minimum absolute atomic E-state index is 0.0953. The molecule has 0 aliphatic rings. The summed E-state index contributed by atoms with van der Waals surface area (Å²) in [7, 11) is 0. The molecule has 0 aromatic carbocycles. The van der Waals surface area contributed by atoms with Crippen molar-refractivity contribution in [2.24, 2.45) is 5.73 Å². The van der Waals surface area contributed by atoms with Gasteiger partial charge in [-0.25, -0.2) is 0 Å². The molecule has 17 heavy (non-hydrogen) atoms. The maximum absolute atomic E-state index is 11.6. The predicted octanol–water partition coefficient (Wildman–Crippen LogP) is 1.12. The van der Waals surface area contributed by atoms with Gasteiger partial charge < -0.3 is 16.2 Å². The molecule has 2 atom stereocenters. The molecule has 0 spiro atoms. The summed E-state index contributed by atoms with van der Waals surface area (Å²) >= 11 is 1.55. The van der Waals surface area contributed by atoms with E-state index < -0.39 is 12.0 Å². The van der Waals surface area contributed by atoms with E-state index >= 15 is 0 Å². The first-order chi connectivity index (χ1) is 8.00. The Morgan fingerprint density at radius 2 is 2.29 bits per heavy atom. The summed E-state index contributed by atoms with van der Waals surface area (Å²) in [6, 6.07) is 2.97. The fourth-order valence-electron chi connectivity index (χ4n) is 1.34. The molecule has 0 saturated carbocycles. The number of aliphatic carboxylic acids is 1. The molecule has 6 heteroatoms. The third-order valence-corrected chi connectivity index (χ3v) is 3.39. The highest BCUT2D eigenvalue weighted by atomic mass is 32.1. The zero-order valence-corrected chi connectivity index (χ0v) is 10.4. The second kappa shape index (κ2) is 6.36. The SMILES string of the molecule is CC(NC(=O)C(N)CCC(=O)O)c1cccs1. The fraction of sp³-hybridized carbons (Fsp3) is 0.455. The summed E-state index contributed by atoms with van der Waals surface area (Å²) in [6.07, 6.45) is 0.0558. The Morgan fingerprint density at radius 3 is 2.82 bits per heavy atom. The summed E-state index contributed by atoms with van der Waals surface area (Å²) in [4.78, 5) is 23.0. The highest BCUT2D eigenvalue weighted by molar-refractivity contribution is 7.10. The van der Waals surface area contributed by atoms with E-state index in [0.29, 0.717) is 0 Å². The molecule has 0 aliphatic carbocycles. The zero-order valence-electron chi connectivity index (χ0n) is 9.55. The smallest absolute Gasteiger partial charge is 0.303 e. The van der Waals surface area contributed by atoms with E-state index in [1.807, 2.05) is 24.4 Å². The number of carboxylic acid groups (broad SMARTS) is 1. The van der Waals surface area contributed by atoms with E-state index in [0.717, 1.165) is 4.88 Å². The van der Waals surface area contributed by atoms with Gasteiger partial charge in [0.25, 0.3) is 0 Å². The van der Waals surface area contributed by atoms with Gasteiger partial charge in [0.05, 0.1) is 12.1 Å². The largest absolute Gasteiger partial charge is 0.481 e. The van der Waals surface area contributed by atoms with Gasteiger partial charge in [-0.05, 0) is 24.8 Å². The van der Waals surface area contributed by atoms with Crippen molar-refractivity contribution in [3.8, 4) is 0 Å². The number of carbonyl (C=O) groups is 2. The topological polar surface area (TPSA) is 92.4 Å². The second-order valence-corrected chi connectivity index (χ2v) is 4.76. The van der Waals surface area contributed by atoms with Gasteiger partial charge in [0.1, 0.15) is 0 Å². The summed E-state index contributed by atoms with van der Waals surface area (Å²) in [6.45, 7) is 1.87. The van der Waals surface area contributed by atoms with Crippen molar-refractivity contribution in [1.82, 2.24) is 5.32 Å². The summed E-state index contributed by atoms with van der Waals surface area (Å²) in [5, 5.41) is 13.2.